The molecule has 2 rings (SSSR count). The van der Waals surface area contributed by atoms with Gasteiger partial charge in [0.25, 0.3) is 5.91 Å². The van der Waals surface area contributed by atoms with Gasteiger partial charge >= 0.3 is 5.97 Å². The third-order valence-electron chi connectivity index (χ3n) is 3.46. The average molecular weight is 323 g/mol. The highest BCUT2D eigenvalue weighted by Crippen LogP contribution is 2.20. The van der Waals surface area contributed by atoms with Crippen LogP contribution >= 0.6 is 0 Å². The summed E-state index contributed by atoms with van der Waals surface area (Å²) in [5, 5.41) is 0. The van der Waals surface area contributed by atoms with Gasteiger partial charge in [0.1, 0.15) is 0 Å². The summed E-state index contributed by atoms with van der Waals surface area (Å²) in [5.41, 5.74) is 2.66. The van der Waals surface area contributed by atoms with Crippen molar-refractivity contribution in [3.05, 3.63) is 77.4 Å². The van der Waals surface area contributed by atoms with Crippen molar-refractivity contribution in [3.8, 4) is 0 Å². The van der Waals surface area contributed by atoms with Gasteiger partial charge < -0.3 is 9.64 Å². The molecule has 4 nitrogen and oxygen atoms in total. The molecule has 0 fully saturated rings. The van der Waals surface area contributed by atoms with E-state index in [4.69, 9.17) is 4.74 Å². The molecule has 0 bridgehead atoms. The Morgan fingerprint density at radius 3 is 2.38 bits per heavy atom. The Balaban J connectivity index is 2.14. The van der Waals surface area contributed by atoms with E-state index in [9.17, 15) is 9.59 Å². The zero-order valence-corrected chi connectivity index (χ0v) is 14.1. The summed E-state index contributed by atoms with van der Waals surface area (Å²) in [4.78, 5) is 25.9. The number of likely N-dealkylation sites (N-methyl/N-ethyl adjacent to an activating group) is 1. The predicted octanol–water partition coefficient (Wildman–Crippen LogP) is 3.38. The van der Waals surface area contributed by atoms with Gasteiger partial charge in [-0.25, -0.2) is 4.79 Å². The van der Waals surface area contributed by atoms with Crippen LogP contribution in [0.3, 0.4) is 0 Å². The molecule has 1 atom stereocenters. The first-order valence-electron chi connectivity index (χ1n) is 7.69. The lowest BCUT2D eigenvalue weighted by atomic mass is 10.1. The number of rotatable bonds is 5. The first-order valence-corrected chi connectivity index (χ1v) is 7.69. The second-order valence-corrected chi connectivity index (χ2v) is 5.71. The van der Waals surface area contributed by atoms with Crippen LogP contribution in [0, 0.1) is 6.92 Å². The maximum Gasteiger partial charge on any atom is 0.331 e. The van der Waals surface area contributed by atoms with Crippen LogP contribution in [0.2, 0.25) is 0 Å². The fourth-order valence-corrected chi connectivity index (χ4v) is 2.22. The van der Waals surface area contributed by atoms with E-state index < -0.39 is 12.1 Å². The van der Waals surface area contributed by atoms with Gasteiger partial charge in [-0.1, -0.05) is 60.2 Å². The van der Waals surface area contributed by atoms with Gasteiger partial charge in [-0.3, -0.25) is 4.79 Å². The van der Waals surface area contributed by atoms with Crippen LogP contribution in [0.15, 0.2) is 60.7 Å². The Labute approximate surface area is 142 Å². The molecular weight excluding hydrogens is 302 g/mol. The van der Waals surface area contributed by atoms with E-state index in [1.807, 2.05) is 49.4 Å². The largest absolute Gasteiger partial charge is 0.444 e. The van der Waals surface area contributed by atoms with Crippen molar-refractivity contribution in [3.63, 3.8) is 0 Å². The van der Waals surface area contributed by atoms with Crippen LogP contribution in [0.1, 0.15) is 22.8 Å². The summed E-state index contributed by atoms with van der Waals surface area (Å²) in [7, 11) is 3.27. The molecule has 2 aromatic rings. The number of esters is 1. The zero-order valence-electron chi connectivity index (χ0n) is 14.1. The fraction of sp³-hybridized carbons (Fsp3) is 0.200. The van der Waals surface area contributed by atoms with Crippen molar-refractivity contribution < 1.29 is 14.3 Å². The van der Waals surface area contributed by atoms with Crippen LogP contribution in [0.5, 0.6) is 0 Å². The molecule has 0 unspecified atom stereocenters. The summed E-state index contributed by atoms with van der Waals surface area (Å²) in [6, 6.07) is 16.8. The first kappa shape index (κ1) is 17.5. The van der Waals surface area contributed by atoms with Crippen molar-refractivity contribution >= 4 is 18.0 Å². The molecule has 0 aliphatic heterocycles. The summed E-state index contributed by atoms with van der Waals surface area (Å²) in [6.07, 6.45) is 2.07. The minimum Gasteiger partial charge on any atom is -0.444 e. The van der Waals surface area contributed by atoms with E-state index in [0.29, 0.717) is 5.56 Å². The fourth-order valence-electron chi connectivity index (χ4n) is 2.22. The van der Waals surface area contributed by atoms with Crippen molar-refractivity contribution in [2.45, 2.75) is 13.0 Å². The van der Waals surface area contributed by atoms with Gasteiger partial charge in [-0.15, -0.1) is 0 Å². The molecule has 0 aliphatic carbocycles. The van der Waals surface area contributed by atoms with Crippen LogP contribution in [-0.4, -0.2) is 30.9 Å². The van der Waals surface area contributed by atoms with Crippen molar-refractivity contribution in [2.75, 3.05) is 14.1 Å². The SMILES string of the molecule is Cc1cccc(/C=C/C(=O)O[C@H](C(=O)N(C)C)c2ccccc2)c1. The lowest BCUT2D eigenvalue weighted by Gasteiger charge is -2.20. The Morgan fingerprint density at radius 1 is 1.04 bits per heavy atom. The number of nitrogens with zero attached hydrogens (tertiary/aromatic N) is 1. The van der Waals surface area contributed by atoms with Crippen molar-refractivity contribution in [2.24, 2.45) is 0 Å². The molecule has 0 N–H and O–H groups in total. The summed E-state index contributed by atoms with van der Waals surface area (Å²) in [6.45, 7) is 1.98. The molecule has 0 radical (unpaired) electrons. The molecule has 0 saturated carbocycles. The van der Waals surface area contributed by atoms with Gasteiger partial charge in [-0.2, -0.15) is 0 Å². The minimum absolute atomic E-state index is 0.279. The highest BCUT2D eigenvalue weighted by Gasteiger charge is 2.25. The summed E-state index contributed by atoms with van der Waals surface area (Å²) < 4.78 is 5.39. The van der Waals surface area contributed by atoms with Crippen molar-refractivity contribution in [1.29, 1.82) is 0 Å². The number of carbonyl (C=O) groups excluding carboxylic acids is 2. The molecule has 0 heterocycles. The molecular formula is C20H21NO3. The summed E-state index contributed by atoms with van der Waals surface area (Å²) >= 11 is 0. The molecule has 124 valence electrons. The van der Waals surface area contributed by atoms with E-state index in [-0.39, 0.29) is 5.91 Å². The monoisotopic (exact) mass is 323 g/mol. The molecule has 2 aromatic carbocycles. The molecule has 0 aliphatic rings. The van der Waals surface area contributed by atoms with Gasteiger partial charge in [0.15, 0.2) is 0 Å². The number of carbonyl (C=O) groups is 2. The Bertz CT molecular complexity index is 736. The number of ether oxygens (including phenoxy) is 1. The second kappa shape index (κ2) is 8.11. The third kappa shape index (κ3) is 4.81. The number of benzene rings is 2. The Hall–Kier alpha value is -2.88. The molecule has 0 spiro atoms. The normalized spacial score (nSPS) is 12.0. The van der Waals surface area contributed by atoms with Gasteiger partial charge in [0.2, 0.25) is 6.10 Å². The quantitative estimate of drug-likeness (QED) is 0.626. The lowest BCUT2D eigenvalue weighted by Crippen LogP contribution is -2.30. The number of hydrogen-bond acceptors (Lipinski definition) is 3. The number of aryl methyl sites for hydroxylation is 1. The molecule has 0 aromatic heterocycles. The topological polar surface area (TPSA) is 46.6 Å². The van der Waals surface area contributed by atoms with Gasteiger partial charge in [0, 0.05) is 25.7 Å². The van der Waals surface area contributed by atoms with E-state index >= 15 is 0 Å². The zero-order chi connectivity index (χ0) is 17.5. The second-order valence-electron chi connectivity index (χ2n) is 5.71. The minimum atomic E-state index is -0.948. The Kier molecular flexibility index (Phi) is 5.90. The number of hydrogen-bond donors (Lipinski definition) is 0. The van der Waals surface area contributed by atoms with Crippen molar-refractivity contribution in [1.82, 2.24) is 4.90 Å². The van der Waals surface area contributed by atoms with Crippen LogP contribution in [0.25, 0.3) is 6.08 Å². The smallest absolute Gasteiger partial charge is 0.331 e. The van der Waals surface area contributed by atoms with Crippen LogP contribution < -0.4 is 0 Å². The first-order chi connectivity index (χ1) is 11.5. The maximum absolute atomic E-state index is 12.3. The summed E-state index contributed by atoms with van der Waals surface area (Å²) in [5.74, 6) is -0.834. The predicted molar refractivity (Wildman–Crippen MR) is 94.2 cm³/mol. The van der Waals surface area contributed by atoms with Crippen LogP contribution in [0.4, 0.5) is 0 Å². The standard InChI is InChI=1S/C20H21NO3/c1-15-8-7-9-16(14-15)12-13-18(22)24-19(20(23)21(2)3)17-10-5-4-6-11-17/h4-14,19H,1-3H3/b13-12+/t19-/m0/s1. The highest BCUT2D eigenvalue weighted by molar-refractivity contribution is 5.90. The van der Waals surface area contributed by atoms with E-state index in [1.54, 1.807) is 32.3 Å². The van der Waals surface area contributed by atoms with E-state index in [2.05, 4.69) is 0 Å². The van der Waals surface area contributed by atoms with E-state index in [1.165, 1.54) is 11.0 Å². The Morgan fingerprint density at radius 2 is 1.75 bits per heavy atom. The number of amides is 1. The maximum atomic E-state index is 12.3. The highest BCUT2D eigenvalue weighted by atomic mass is 16.5. The average Bonchev–Trinajstić information content (AvgIpc) is 2.58. The third-order valence-corrected chi connectivity index (χ3v) is 3.46. The van der Waals surface area contributed by atoms with Gasteiger partial charge in [0.05, 0.1) is 0 Å². The van der Waals surface area contributed by atoms with Crippen LogP contribution in [-0.2, 0) is 14.3 Å². The molecule has 0 saturated heterocycles. The van der Waals surface area contributed by atoms with E-state index in [0.717, 1.165) is 11.1 Å². The molecule has 1 amide bonds. The lowest BCUT2D eigenvalue weighted by molar-refractivity contribution is -0.155. The molecule has 24 heavy (non-hydrogen) atoms. The van der Waals surface area contributed by atoms with Gasteiger partial charge in [-0.05, 0) is 18.6 Å². The molecule has 4 heteroatoms.